The van der Waals surface area contributed by atoms with Crippen molar-refractivity contribution in [1.29, 1.82) is 0 Å². The number of anilines is 1. The number of hydrogen-bond donors (Lipinski definition) is 1. The third-order valence-corrected chi connectivity index (χ3v) is 7.49. The summed E-state index contributed by atoms with van der Waals surface area (Å²) >= 11 is 0. The van der Waals surface area contributed by atoms with E-state index in [1.807, 2.05) is 0 Å². The summed E-state index contributed by atoms with van der Waals surface area (Å²) in [6, 6.07) is 9.46. The third kappa shape index (κ3) is 4.47. The molecule has 0 unspecified atom stereocenters. The second kappa shape index (κ2) is 8.76. The van der Waals surface area contributed by atoms with Crippen molar-refractivity contribution in [2.75, 3.05) is 38.7 Å². The highest BCUT2D eigenvalue weighted by Crippen LogP contribution is 2.33. The summed E-state index contributed by atoms with van der Waals surface area (Å²) in [7, 11) is -2.25. The van der Waals surface area contributed by atoms with E-state index in [0.717, 1.165) is 12.8 Å². The average Bonchev–Trinajstić information content (AvgIpc) is 2.78. The van der Waals surface area contributed by atoms with Crippen LogP contribution in [0.25, 0.3) is 0 Å². The van der Waals surface area contributed by atoms with E-state index in [1.54, 1.807) is 18.2 Å². The van der Waals surface area contributed by atoms with Gasteiger partial charge in [-0.2, -0.15) is 4.31 Å². The summed E-state index contributed by atoms with van der Waals surface area (Å²) in [4.78, 5) is 13.1. The molecule has 0 spiro atoms. The molecular weight excluding hydrogens is 420 g/mol. The molecule has 0 atom stereocenters. The van der Waals surface area contributed by atoms with Crippen molar-refractivity contribution in [3.63, 3.8) is 0 Å². The summed E-state index contributed by atoms with van der Waals surface area (Å²) in [5, 5.41) is 2.78. The van der Waals surface area contributed by atoms with Crippen molar-refractivity contribution in [2.24, 2.45) is 5.92 Å². The lowest BCUT2D eigenvalue weighted by atomic mass is 10.0. The minimum Gasteiger partial charge on any atom is -0.496 e. The van der Waals surface area contributed by atoms with Crippen LogP contribution in [0.15, 0.2) is 41.3 Å². The number of fused-ring (bicyclic) bond motifs is 1. The third-order valence-electron chi connectivity index (χ3n) is 5.60. The fourth-order valence-electron chi connectivity index (χ4n) is 3.72. The second-order valence-corrected chi connectivity index (χ2v) is 9.70. The number of nitrogens with zero attached hydrogens (tertiary/aromatic N) is 1. The molecule has 2 aromatic rings. The SMILES string of the molecule is COc1ccc(S(=O)(=O)N2CCC(C)CC2)cc1C(=O)Nc1ccc2c(c1)OCCO2. The van der Waals surface area contributed by atoms with E-state index >= 15 is 0 Å². The van der Waals surface area contributed by atoms with Gasteiger partial charge < -0.3 is 19.5 Å². The van der Waals surface area contributed by atoms with Crippen molar-refractivity contribution in [3.8, 4) is 17.2 Å². The first-order chi connectivity index (χ1) is 14.9. The molecule has 1 saturated heterocycles. The van der Waals surface area contributed by atoms with Gasteiger partial charge in [0.05, 0.1) is 17.6 Å². The number of carbonyl (C=O) groups excluding carboxylic acids is 1. The van der Waals surface area contributed by atoms with Crippen molar-refractivity contribution in [1.82, 2.24) is 4.31 Å². The van der Waals surface area contributed by atoms with Crippen LogP contribution in [0, 0.1) is 5.92 Å². The van der Waals surface area contributed by atoms with Crippen molar-refractivity contribution in [2.45, 2.75) is 24.7 Å². The molecule has 2 aliphatic rings. The largest absolute Gasteiger partial charge is 0.496 e. The first-order valence-electron chi connectivity index (χ1n) is 10.3. The molecule has 166 valence electrons. The van der Waals surface area contributed by atoms with E-state index in [0.29, 0.717) is 55.2 Å². The lowest BCUT2D eigenvalue weighted by molar-refractivity contribution is 0.102. The fourth-order valence-corrected chi connectivity index (χ4v) is 5.22. The number of rotatable bonds is 5. The smallest absolute Gasteiger partial charge is 0.259 e. The molecule has 8 nitrogen and oxygen atoms in total. The maximum atomic E-state index is 13.1. The number of amides is 1. The van der Waals surface area contributed by atoms with Gasteiger partial charge in [0.25, 0.3) is 5.91 Å². The molecule has 31 heavy (non-hydrogen) atoms. The highest BCUT2D eigenvalue weighted by Gasteiger charge is 2.29. The van der Waals surface area contributed by atoms with E-state index < -0.39 is 15.9 Å². The number of ether oxygens (including phenoxy) is 3. The Hall–Kier alpha value is -2.78. The number of methoxy groups -OCH3 is 1. The Balaban J connectivity index is 1.59. The topological polar surface area (TPSA) is 94.2 Å². The molecule has 0 bridgehead atoms. The predicted molar refractivity (Wildman–Crippen MR) is 116 cm³/mol. The van der Waals surface area contributed by atoms with Crippen molar-refractivity contribution in [3.05, 3.63) is 42.0 Å². The first-order valence-corrected chi connectivity index (χ1v) is 11.7. The summed E-state index contributed by atoms with van der Waals surface area (Å²) < 4.78 is 44.1. The Morgan fingerprint density at radius 3 is 2.48 bits per heavy atom. The highest BCUT2D eigenvalue weighted by atomic mass is 32.2. The molecule has 1 N–H and O–H groups in total. The Bertz CT molecular complexity index is 1080. The van der Waals surface area contributed by atoms with Gasteiger partial charge in [-0.25, -0.2) is 8.42 Å². The lowest BCUT2D eigenvalue weighted by Gasteiger charge is -2.29. The number of benzene rings is 2. The Labute approximate surface area is 182 Å². The molecule has 4 rings (SSSR count). The van der Waals surface area contributed by atoms with Crippen LogP contribution in [0.4, 0.5) is 5.69 Å². The molecule has 0 saturated carbocycles. The van der Waals surface area contributed by atoms with Gasteiger partial charge in [0.2, 0.25) is 10.0 Å². The molecule has 2 aromatic carbocycles. The van der Waals surface area contributed by atoms with Crippen LogP contribution in [-0.2, 0) is 10.0 Å². The van der Waals surface area contributed by atoms with Crippen LogP contribution >= 0.6 is 0 Å². The quantitative estimate of drug-likeness (QED) is 0.758. The first kappa shape index (κ1) is 21.5. The number of hydrogen-bond acceptors (Lipinski definition) is 6. The van der Waals surface area contributed by atoms with Gasteiger partial charge in [0.15, 0.2) is 11.5 Å². The Kier molecular flexibility index (Phi) is 6.06. The van der Waals surface area contributed by atoms with E-state index in [9.17, 15) is 13.2 Å². The van der Waals surface area contributed by atoms with E-state index in [-0.39, 0.29) is 10.5 Å². The summed E-state index contributed by atoms with van der Waals surface area (Å²) in [6.07, 6.45) is 1.65. The van der Waals surface area contributed by atoms with E-state index in [4.69, 9.17) is 14.2 Å². The minimum atomic E-state index is -3.69. The number of nitrogens with one attached hydrogen (secondary N) is 1. The highest BCUT2D eigenvalue weighted by molar-refractivity contribution is 7.89. The van der Waals surface area contributed by atoms with Crippen LogP contribution in [0.3, 0.4) is 0 Å². The molecule has 0 aromatic heterocycles. The number of piperidine rings is 1. The normalized spacial score (nSPS) is 17.2. The second-order valence-electron chi connectivity index (χ2n) is 7.76. The zero-order valence-corrected chi connectivity index (χ0v) is 18.4. The van der Waals surface area contributed by atoms with Gasteiger partial charge in [-0.3, -0.25) is 4.79 Å². The van der Waals surface area contributed by atoms with Gasteiger partial charge in [0.1, 0.15) is 19.0 Å². The van der Waals surface area contributed by atoms with Gasteiger partial charge in [-0.15, -0.1) is 0 Å². The standard InChI is InChI=1S/C22H26N2O6S/c1-15-7-9-24(10-8-15)31(26,27)17-4-6-19(28-2)18(14-17)22(25)23-16-3-5-20-21(13-16)30-12-11-29-20/h3-6,13-15H,7-12H2,1-2H3,(H,23,25). The molecule has 0 radical (unpaired) electrons. The zero-order chi connectivity index (χ0) is 22.0. The molecule has 9 heteroatoms. The lowest BCUT2D eigenvalue weighted by Crippen LogP contribution is -2.37. The van der Waals surface area contributed by atoms with Gasteiger partial charge >= 0.3 is 0 Å². The fraction of sp³-hybridized carbons (Fsp3) is 0.409. The molecule has 0 aliphatic carbocycles. The van der Waals surface area contributed by atoms with Crippen LogP contribution < -0.4 is 19.5 Å². The monoisotopic (exact) mass is 446 g/mol. The Morgan fingerprint density at radius 1 is 1.06 bits per heavy atom. The Morgan fingerprint density at radius 2 is 1.77 bits per heavy atom. The zero-order valence-electron chi connectivity index (χ0n) is 17.6. The summed E-state index contributed by atoms with van der Waals surface area (Å²) in [6.45, 7) is 4.00. The summed E-state index contributed by atoms with van der Waals surface area (Å²) in [5.74, 6) is 1.49. The predicted octanol–water partition coefficient (Wildman–Crippen LogP) is 3.14. The van der Waals surface area contributed by atoms with Gasteiger partial charge in [-0.05, 0) is 49.1 Å². The molecular formula is C22H26N2O6S. The average molecular weight is 447 g/mol. The minimum absolute atomic E-state index is 0.0789. The number of sulfonamides is 1. The van der Waals surface area contributed by atoms with Crippen LogP contribution in [-0.4, -0.2) is 52.0 Å². The maximum absolute atomic E-state index is 13.1. The van der Waals surface area contributed by atoms with Crippen LogP contribution in [0.5, 0.6) is 17.2 Å². The van der Waals surface area contributed by atoms with E-state index in [1.165, 1.54) is 29.6 Å². The molecule has 2 aliphatic heterocycles. The van der Waals surface area contributed by atoms with Crippen LogP contribution in [0.2, 0.25) is 0 Å². The van der Waals surface area contributed by atoms with Crippen LogP contribution in [0.1, 0.15) is 30.1 Å². The maximum Gasteiger partial charge on any atom is 0.259 e. The molecule has 1 fully saturated rings. The summed E-state index contributed by atoms with van der Waals surface area (Å²) in [5.41, 5.74) is 0.651. The van der Waals surface area contributed by atoms with E-state index in [2.05, 4.69) is 12.2 Å². The van der Waals surface area contributed by atoms with Gasteiger partial charge in [0, 0.05) is 24.8 Å². The molecule has 2 heterocycles. The van der Waals surface area contributed by atoms with Crippen molar-refractivity contribution < 1.29 is 27.4 Å². The van der Waals surface area contributed by atoms with Gasteiger partial charge in [-0.1, -0.05) is 6.92 Å². The number of carbonyl (C=O) groups is 1. The van der Waals surface area contributed by atoms with Crippen molar-refractivity contribution >= 4 is 21.6 Å². The molecule has 1 amide bonds.